The molecular weight excluding hydrogens is 329 g/mol. The average molecular weight is 355 g/mol. The topological polar surface area (TPSA) is 35.6 Å². The normalized spacial score (nSPS) is 15.1. The lowest BCUT2D eigenvalue weighted by Crippen LogP contribution is -2.46. The quantitative estimate of drug-likeness (QED) is 0.866. The molecule has 4 nitrogen and oxygen atoms in total. The molecule has 1 heterocycles. The van der Waals surface area contributed by atoms with Gasteiger partial charge in [-0.25, -0.2) is 4.39 Å². The van der Waals surface area contributed by atoms with Gasteiger partial charge in [-0.2, -0.15) is 0 Å². The van der Waals surface area contributed by atoms with E-state index in [-0.39, 0.29) is 11.7 Å². The summed E-state index contributed by atoms with van der Waals surface area (Å²) in [6.07, 6.45) is 0.848. The predicted octanol–water partition coefficient (Wildman–Crippen LogP) is 2.83. The minimum absolute atomic E-state index is 0.0103. The fraction of sp³-hybridized carbons (Fsp3) is 0.381. The molecule has 0 unspecified atom stereocenters. The largest absolute Gasteiger partial charge is 0.367 e. The van der Waals surface area contributed by atoms with Crippen LogP contribution < -0.4 is 10.2 Å². The summed E-state index contributed by atoms with van der Waals surface area (Å²) in [5.41, 5.74) is 3.22. The van der Waals surface area contributed by atoms with Gasteiger partial charge in [0.1, 0.15) is 5.82 Å². The summed E-state index contributed by atoms with van der Waals surface area (Å²) in [7, 11) is 0. The van der Waals surface area contributed by atoms with Gasteiger partial charge in [0.15, 0.2) is 0 Å². The summed E-state index contributed by atoms with van der Waals surface area (Å²) in [5, 5.41) is 2.82. The van der Waals surface area contributed by atoms with Crippen molar-refractivity contribution in [2.24, 2.45) is 0 Å². The smallest absolute Gasteiger partial charge is 0.216 e. The van der Waals surface area contributed by atoms with Gasteiger partial charge in [-0.15, -0.1) is 0 Å². The van der Waals surface area contributed by atoms with Gasteiger partial charge in [0, 0.05) is 46.2 Å². The van der Waals surface area contributed by atoms with Crippen molar-refractivity contribution < 1.29 is 9.18 Å². The Hall–Kier alpha value is -2.40. The lowest BCUT2D eigenvalue weighted by molar-refractivity contribution is -0.118. The van der Waals surface area contributed by atoms with E-state index in [4.69, 9.17) is 0 Å². The minimum Gasteiger partial charge on any atom is -0.367 e. The predicted molar refractivity (Wildman–Crippen MR) is 103 cm³/mol. The number of carbonyl (C=O) groups is 1. The lowest BCUT2D eigenvalue weighted by atomic mass is 10.1. The number of carbonyl (C=O) groups excluding carboxylic acids is 1. The number of benzene rings is 2. The molecule has 138 valence electrons. The minimum atomic E-state index is -0.143. The second kappa shape index (κ2) is 8.81. The molecule has 26 heavy (non-hydrogen) atoms. The van der Waals surface area contributed by atoms with E-state index in [9.17, 15) is 9.18 Å². The second-order valence-corrected chi connectivity index (χ2v) is 6.76. The highest BCUT2D eigenvalue weighted by Crippen LogP contribution is 2.20. The van der Waals surface area contributed by atoms with Gasteiger partial charge in [0.05, 0.1) is 5.69 Å². The number of halogens is 1. The van der Waals surface area contributed by atoms with Crippen molar-refractivity contribution in [1.29, 1.82) is 0 Å². The zero-order chi connectivity index (χ0) is 18.4. The van der Waals surface area contributed by atoms with Gasteiger partial charge in [0.25, 0.3) is 0 Å². The average Bonchev–Trinajstić information content (AvgIpc) is 2.64. The zero-order valence-electron chi connectivity index (χ0n) is 15.2. The number of piperazine rings is 1. The Morgan fingerprint density at radius 1 is 1.00 bits per heavy atom. The van der Waals surface area contributed by atoms with Gasteiger partial charge in [-0.05, 0) is 29.7 Å². The monoisotopic (exact) mass is 355 g/mol. The Balaban J connectivity index is 1.47. The second-order valence-electron chi connectivity index (χ2n) is 6.76. The van der Waals surface area contributed by atoms with E-state index in [0.29, 0.717) is 12.2 Å². The van der Waals surface area contributed by atoms with Gasteiger partial charge in [-0.3, -0.25) is 9.69 Å². The van der Waals surface area contributed by atoms with Crippen LogP contribution in [0.5, 0.6) is 0 Å². The van der Waals surface area contributed by atoms with Crippen LogP contribution in [0.4, 0.5) is 10.1 Å². The van der Waals surface area contributed by atoms with E-state index in [0.717, 1.165) is 39.1 Å². The van der Waals surface area contributed by atoms with Crippen LogP contribution in [0.1, 0.15) is 18.1 Å². The number of hydrogen-bond acceptors (Lipinski definition) is 3. The van der Waals surface area contributed by atoms with Gasteiger partial charge >= 0.3 is 0 Å². The molecular formula is C21H26FN3O. The molecule has 0 aliphatic carbocycles. The third-order valence-electron chi connectivity index (χ3n) is 4.78. The molecule has 0 saturated carbocycles. The molecule has 1 amide bonds. The van der Waals surface area contributed by atoms with Crippen LogP contribution in [0, 0.1) is 5.82 Å². The molecule has 2 aromatic rings. The molecule has 0 atom stereocenters. The zero-order valence-corrected chi connectivity index (χ0v) is 15.2. The highest BCUT2D eigenvalue weighted by molar-refractivity contribution is 5.72. The molecule has 1 aliphatic rings. The third kappa shape index (κ3) is 5.05. The molecule has 1 N–H and O–H groups in total. The number of hydrogen-bond donors (Lipinski definition) is 1. The van der Waals surface area contributed by atoms with Crippen molar-refractivity contribution in [2.45, 2.75) is 19.9 Å². The molecule has 2 aromatic carbocycles. The number of nitrogens with one attached hydrogen (secondary N) is 1. The Morgan fingerprint density at radius 3 is 2.31 bits per heavy atom. The van der Waals surface area contributed by atoms with Crippen molar-refractivity contribution in [2.75, 3.05) is 37.6 Å². The van der Waals surface area contributed by atoms with Crippen molar-refractivity contribution in [3.8, 4) is 0 Å². The first-order valence-corrected chi connectivity index (χ1v) is 9.16. The fourth-order valence-corrected chi connectivity index (χ4v) is 3.31. The number of para-hydroxylation sites is 1. The van der Waals surface area contributed by atoms with Crippen molar-refractivity contribution in [3.05, 3.63) is 65.5 Å². The number of rotatable bonds is 6. The SMILES string of the molecule is CC(=O)NCCc1ccc(CN2CCN(c3ccccc3F)CC2)cc1. The van der Waals surface area contributed by atoms with Crippen LogP contribution in [-0.4, -0.2) is 43.5 Å². The van der Waals surface area contributed by atoms with Crippen LogP contribution in [0.2, 0.25) is 0 Å². The summed E-state index contributed by atoms with van der Waals surface area (Å²) >= 11 is 0. The molecule has 5 heteroatoms. The number of anilines is 1. The van der Waals surface area contributed by atoms with E-state index in [1.165, 1.54) is 24.1 Å². The first-order valence-electron chi connectivity index (χ1n) is 9.16. The van der Waals surface area contributed by atoms with Crippen LogP contribution in [0.25, 0.3) is 0 Å². The molecule has 0 spiro atoms. The van der Waals surface area contributed by atoms with Crippen LogP contribution >= 0.6 is 0 Å². The first-order chi connectivity index (χ1) is 12.6. The van der Waals surface area contributed by atoms with Crippen LogP contribution in [-0.2, 0) is 17.8 Å². The van der Waals surface area contributed by atoms with E-state index in [1.54, 1.807) is 6.07 Å². The summed E-state index contributed by atoms with van der Waals surface area (Å²) in [6, 6.07) is 15.6. The molecule has 0 radical (unpaired) electrons. The standard InChI is InChI=1S/C21H26FN3O/c1-17(26)23-11-10-18-6-8-19(9-7-18)16-24-12-14-25(15-13-24)21-5-3-2-4-20(21)22/h2-9H,10-16H2,1H3,(H,23,26). The summed E-state index contributed by atoms with van der Waals surface area (Å²) in [6.45, 7) is 6.67. The van der Waals surface area contributed by atoms with Crippen LogP contribution in [0.15, 0.2) is 48.5 Å². The van der Waals surface area contributed by atoms with Crippen molar-refractivity contribution >= 4 is 11.6 Å². The third-order valence-corrected chi connectivity index (χ3v) is 4.78. The Morgan fingerprint density at radius 2 is 1.65 bits per heavy atom. The maximum Gasteiger partial charge on any atom is 0.216 e. The fourth-order valence-electron chi connectivity index (χ4n) is 3.31. The maximum absolute atomic E-state index is 13.9. The Labute approximate surface area is 154 Å². The lowest BCUT2D eigenvalue weighted by Gasteiger charge is -2.36. The van der Waals surface area contributed by atoms with Gasteiger partial charge in [0.2, 0.25) is 5.91 Å². The van der Waals surface area contributed by atoms with E-state index in [2.05, 4.69) is 39.4 Å². The molecule has 0 bridgehead atoms. The highest BCUT2D eigenvalue weighted by atomic mass is 19.1. The van der Waals surface area contributed by atoms with E-state index in [1.807, 2.05) is 12.1 Å². The summed E-state index contributed by atoms with van der Waals surface area (Å²) in [5.74, 6) is -0.132. The summed E-state index contributed by atoms with van der Waals surface area (Å²) < 4.78 is 13.9. The van der Waals surface area contributed by atoms with Gasteiger partial charge in [-0.1, -0.05) is 36.4 Å². The van der Waals surface area contributed by atoms with Crippen molar-refractivity contribution in [1.82, 2.24) is 10.2 Å². The van der Waals surface area contributed by atoms with Crippen molar-refractivity contribution in [3.63, 3.8) is 0 Å². The highest BCUT2D eigenvalue weighted by Gasteiger charge is 2.19. The van der Waals surface area contributed by atoms with Crippen LogP contribution in [0.3, 0.4) is 0 Å². The van der Waals surface area contributed by atoms with Gasteiger partial charge < -0.3 is 10.2 Å². The summed E-state index contributed by atoms with van der Waals surface area (Å²) in [4.78, 5) is 15.4. The molecule has 0 aromatic heterocycles. The Kier molecular flexibility index (Phi) is 6.23. The molecule has 1 fully saturated rings. The molecule has 1 aliphatic heterocycles. The number of nitrogens with zero attached hydrogens (tertiary/aromatic N) is 2. The Bertz CT molecular complexity index is 724. The van der Waals surface area contributed by atoms with E-state index >= 15 is 0 Å². The molecule has 3 rings (SSSR count). The molecule has 1 saturated heterocycles. The first kappa shape index (κ1) is 18.4. The maximum atomic E-state index is 13.9. The van der Waals surface area contributed by atoms with E-state index < -0.39 is 0 Å². The number of amides is 1.